The summed E-state index contributed by atoms with van der Waals surface area (Å²) in [6.07, 6.45) is 0. The average Bonchev–Trinajstić information content (AvgIpc) is 1.62. The van der Waals surface area contributed by atoms with E-state index in [1.165, 1.54) is 0 Å². The predicted molar refractivity (Wildman–Crippen MR) is 38.6 cm³/mol. The molecule has 0 fully saturated rings. The van der Waals surface area contributed by atoms with E-state index in [4.69, 9.17) is 23.2 Å². The maximum Gasteiger partial charge on any atom is 2.00 e. The first-order chi connectivity index (χ1) is 4.54. The summed E-state index contributed by atoms with van der Waals surface area (Å²) < 4.78 is 21.6. The van der Waals surface area contributed by atoms with Crippen LogP contribution in [0, 0.1) is 0 Å². The van der Waals surface area contributed by atoms with Gasteiger partial charge in [0.05, 0.1) is 5.34 Å². The minimum absolute atomic E-state index is 0. The Bertz CT molecular complexity index is 109. The molecule has 0 aromatic rings. The topological polar surface area (TPSA) is 89.5 Å². The normalized spacial score (nSPS) is 10.2. The number of halogens is 2. The Hall–Kier alpha value is 0.829. The minimum Gasteiger partial charge on any atom is -0.563 e. The molecule has 0 aromatic heterocycles. The van der Waals surface area contributed by atoms with E-state index in [0.717, 1.165) is 0 Å². The van der Waals surface area contributed by atoms with Crippen LogP contribution in [0.2, 0.25) is 0 Å². The van der Waals surface area contributed by atoms with Gasteiger partial charge in [-0.25, -0.2) is 0 Å². The van der Waals surface area contributed by atoms with Crippen molar-refractivity contribution in [1.29, 1.82) is 0 Å². The van der Waals surface area contributed by atoms with Gasteiger partial charge < -0.3 is 9.79 Å². The summed E-state index contributed by atoms with van der Waals surface area (Å²) in [5, 5.41) is 0.194. The maximum absolute atomic E-state index is 9.24. The molecule has 0 rings (SSSR count). The van der Waals surface area contributed by atoms with Crippen molar-refractivity contribution in [3.63, 3.8) is 0 Å². The number of hydrogen-bond acceptors (Lipinski definition) is 5. The van der Waals surface area contributed by atoms with Gasteiger partial charge in [-0.05, 0) is 9.13 Å². The Kier molecular flexibility index (Phi) is 21.7. The van der Waals surface area contributed by atoms with Gasteiger partial charge in [0.15, 0.2) is 0 Å². The maximum atomic E-state index is 9.24. The van der Waals surface area contributed by atoms with Gasteiger partial charge >= 0.3 is 26.6 Å². The van der Waals surface area contributed by atoms with Gasteiger partial charge in [0.25, 0.3) is 0 Å². The van der Waals surface area contributed by atoms with E-state index in [-0.39, 0.29) is 15.5 Å². The zero-order chi connectivity index (χ0) is 8.57. The molecule has 0 radical (unpaired) electrons. The molecule has 0 aromatic carbocycles. The van der Waals surface area contributed by atoms with Crippen LogP contribution in [0.5, 0.6) is 0 Å². The Labute approximate surface area is 78.8 Å². The van der Waals surface area contributed by atoms with Gasteiger partial charge in [-0.3, -0.25) is 0 Å². The third-order valence-electron chi connectivity index (χ3n) is 0.133. The standard InChI is InChI=1S/CH2Cl2.Be.O5P2/c2-1-3;;1-6(2)5-7(3)4/h1H2;;/q;+2;. The third kappa shape index (κ3) is 36.2. The van der Waals surface area contributed by atoms with Crippen LogP contribution in [0.1, 0.15) is 0 Å². The molecule has 0 aliphatic carbocycles. The molecule has 11 heavy (non-hydrogen) atoms. The van der Waals surface area contributed by atoms with Crippen LogP contribution in [-0.2, 0) is 13.4 Å². The molecule has 2 unspecified atom stereocenters. The number of hydrogen-bond donors (Lipinski definition) is 0. The first-order valence-electron chi connectivity index (χ1n) is 1.63. The molecular weight excluding hydrogens is 234 g/mol. The molecule has 0 amide bonds. The molecule has 0 N–H and O–H groups in total. The molecule has 5 nitrogen and oxygen atoms in total. The van der Waals surface area contributed by atoms with Crippen molar-refractivity contribution in [2.24, 2.45) is 0 Å². The van der Waals surface area contributed by atoms with E-state index in [2.05, 4.69) is 4.31 Å². The molecule has 0 saturated carbocycles. The fourth-order valence-electron chi connectivity index (χ4n) is 0.0544. The van der Waals surface area contributed by atoms with Gasteiger partial charge in [-0.15, -0.1) is 23.2 Å². The molecule has 2 atom stereocenters. The van der Waals surface area contributed by atoms with Crippen LogP contribution in [0.3, 0.4) is 0 Å². The molecule has 0 aliphatic heterocycles. The van der Waals surface area contributed by atoms with Crippen molar-refractivity contribution in [3.05, 3.63) is 0 Å². The first-order valence-corrected chi connectivity index (χ1v) is 4.89. The predicted octanol–water partition coefficient (Wildman–Crippen LogP) is 0.0791. The van der Waals surface area contributed by atoms with Crippen molar-refractivity contribution in [1.82, 2.24) is 0 Å². The molecule has 0 bridgehead atoms. The minimum atomic E-state index is -3.24. The fraction of sp³-hybridized carbons (Fsp3) is 1.00. The Morgan fingerprint density at radius 2 is 1.36 bits per heavy atom. The van der Waals surface area contributed by atoms with Crippen LogP contribution in [0.15, 0.2) is 0 Å². The Morgan fingerprint density at radius 1 is 1.18 bits per heavy atom. The number of alkyl halides is 2. The summed E-state index contributed by atoms with van der Waals surface area (Å²) in [6.45, 7) is 0. The second-order valence-corrected chi connectivity index (χ2v) is 2.99. The quantitative estimate of drug-likeness (QED) is 0.384. The van der Waals surface area contributed by atoms with Gasteiger partial charge in [0, 0.05) is 0 Å². The van der Waals surface area contributed by atoms with E-state index >= 15 is 0 Å². The van der Waals surface area contributed by atoms with Crippen molar-refractivity contribution in [3.8, 4) is 0 Å². The van der Waals surface area contributed by atoms with Crippen molar-refractivity contribution >= 4 is 49.8 Å². The van der Waals surface area contributed by atoms with Crippen LogP contribution in [0.4, 0.5) is 0 Å². The molecule has 10 heteroatoms. The van der Waals surface area contributed by atoms with E-state index in [1.807, 2.05) is 0 Å². The molecule has 0 spiro atoms. The molecule has 0 saturated heterocycles. The second kappa shape index (κ2) is 13.4. The van der Waals surface area contributed by atoms with E-state index < -0.39 is 16.5 Å². The molecule has 0 aliphatic rings. The smallest absolute Gasteiger partial charge is 0.563 e. The SMILES string of the molecule is ClCCl.O=[P+]([O-])O[P+](=O)[O-].[Be+2]. The van der Waals surface area contributed by atoms with Crippen LogP contribution in [-0.4, -0.2) is 15.5 Å². The van der Waals surface area contributed by atoms with Crippen molar-refractivity contribution in [2.45, 2.75) is 0 Å². The summed E-state index contributed by atoms with van der Waals surface area (Å²) in [6, 6.07) is 0. The molecule has 60 valence electrons. The second-order valence-electron chi connectivity index (χ2n) is 0.630. The van der Waals surface area contributed by atoms with Crippen molar-refractivity contribution in [2.75, 3.05) is 5.34 Å². The summed E-state index contributed by atoms with van der Waals surface area (Å²) in [7, 11) is -6.47. The van der Waals surface area contributed by atoms with Gasteiger partial charge in [0.2, 0.25) is 0 Å². The summed E-state index contributed by atoms with van der Waals surface area (Å²) in [4.78, 5) is 18.5. The van der Waals surface area contributed by atoms with Gasteiger partial charge in [-0.1, -0.05) is 0 Å². The molecular formula is CH2BeCl2O5P2+2. The van der Waals surface area contributed by atoms with Crippen molar-refractivity contribution < 1.29 is 23.2 Å². The Morgan fingerprint density at radius 3 is 1.36 bits per heavy atom. The van der Waals surface area contributed by atoms with Crippen LogP contribution < -0.4 is 9.79 Å². The first kappa shape index (κ1) is 17.8. The third-order valence-corrected chi connectivity index (χ3v) is 1.20. The van der Waals surface area contributed by atoms with Gasteiger partial charge in [0.1, 0.15) is 4.31 Å². The van der Waals surface area contributed by atoms with E-state index in [0.29, 0.717) is 0 Å². The van der Waals surface area contributed by atoms with E-state index in [9.17, 15) is 18.9 Å². The summed E-state index contributed by atoms with van der Waals surface area (Å²) >= 11 is 9.53. The average molecular weight is 236 g/mol. The van der Waals surface area contributed by atoms with Crippen LogP contribution in [0.25, 0.3) is 0 Å². The molecule has 0 heterocycles. The zero-order valence-corrected chi connectivity index (χ0v) is 8.41. The summed E-state index contributed by atoms with van der Waals surface area (Å²) in [5.41, 5.74) is 0. The largest absolute Gasteiger partial charge is 2.00 e. The fourth-order valence-corrected chi connectivity index (χ4v) is 0.490. The Balaban J connectivity index is -0.000000140. The van der Waals surface area contributed by atoms with Crippen LogP contribution >= 0.6 is 39.7 Å². The number of rotatable bonds is 2. The monoisotopic (exact) mass is 235 g/mol. The van der Waals surface area contributed by atoms with Gasteiger partial charge in [-0.2, -0.15) is 0 Å². The zero-order valence-electron chi connectivity index (χ0n) is 5.11. The van der Waals surface area contributed by atoms with E-state index in [1.54, 1.807) is 0 Å². The summed E-state index contributed by atoms with van der Waals surface area (Å²) in [5.74, 6) is 0.